The van der Waals surface area contributed by atoms with Gasteiger partial charge < -0.3 is 9.87 Å². The molecule has 0 radical (unpaired) electrons. The number of nitrogens with one attached hydrogen (secondary N) is 1. The first-order valence-corrected chi connectivity index (χ1v) is 12.3. The van der Waals surface area contributed by atoms with Crippen LogP contribution in [0, 0.1) is 6.92 Å². The normalized spacial score (nSPS) is 15.2. The van der Waals surface area contributed by atoms with Gasteiger partial charge >= 0.3 is 12.4 Å². The van der Waals surface area contributed by atoms with E-state index >= 15 is 0 Å². The number of alkyl halides is 6. The molecule has 192 valence electrons. The molecule has 0 aliphatic rings. The van der Waals surface area contributed by atoms with Crippen molar-refractivity contribution in [3.8, 4) is 0 Å². The molecule has 12 heteroatoms. The fourth-order valence-electron chi connectivity index (χ4n) is 3.28. The number of allylic oxidation sites excluding steroid dienone is 1. The molecule has 3 unspecified atom stereocenters. The van der Waals surface area contributed by atoms with Crippen molar-refractivity contribution in [2.24, 2.45) is 0 Å². The van der Waals surface area contributed by atoms with Crippen LogP contribution in [-0.4, -0.2) is 40.4 Å². The van der Waals surface area contributed by atoms with E-state index in [0.717, 1.165) is 6.08 Å². The third kappa shape index (κ3) is 9.59. The first-order valence-electron chi connectivity index (χ1n) is 10.1. The summed E-state index contributed by atoms with van der Waals surface area (Å²) >= 11 is 9.49. The fourth-order valence-corrected chi connectivity index (χ4v) is 4.95. The second kappa shape index (κ2) is 11.9. The van der Waals surface area contributed by atoms with Crippen LogP contribution in [0.5, 0.6) is 0 Å². The quantitative estimate of drug-likeness (QED) is 0.277. The zero-order chi connectivity index (χ0) is 26.6. The van der Waals surface area contributed by atoms with Gasteiger partial charge in [0.15, 0.2) is 0 Å². The minimum absolute atomic E-state index is 0.0674. The van der Waals surface area contributed by atoms with E-state index in [9.17, 15) is 35.7 Å². The lowest BCUT2D eigenvalue weighted by Crippen LogP contribution is -2.40. The van der Waals surface area contributed by atoms with Gasteiger partial charge in [-0.15, -0.1) is 0 Å². The molecule has 0 saturated carbocycles. The van der Waals surface area contributed by atoms with Gasteiger partial charge in [0.25, 0.3) is 5.91 Å². The van der Waals surface area contributed by atoms with Gasteiger partial charge in [-0.05, 0) is 66.0 Å². The Balaban J connectivity index is 2.14. The van der Waals surface area contributed by atoms with Crippen molar-refractivity contribution in [1.29, 1.82) is 0 Å². The van der Waals surface area contributed by atoms with E-state index in [4.69, 9.17) is 23.2 Å². The third-order valence-electron chi connectivity index (χ3n) is 4.71. The molecule has 3 nitrogen and oxygen atoms in total. The molecule has 0 fully saturated rings. The summed E-state index contributed by atoms with van der Waals surface area (Å²) in [5, 5.41) is 2.62. The molecule has 2 aromatic carbocycles. The number of aryl methyl sites for hydroxylation is 1. The number of carbonyl (C=O) groups is 1. The monoisotopic (exact) mass is 559 g/mol. The van der Waals surface area contributed by atoms with Crippen LogP contribution in [0.25, 0.3) is 6.08 Å². The van der Waals surface area contributed by atoms with Crippen molar-refractivity contribution in [1.82, 2.24) is 5.32 Å². The maximum atomic E-state index is 13.6. The Bertz CT molecular complexity index is 1050. The molecule has 3 atom stereocenters. The first kappa shape index (κ1) is 29.4. The number of hydrogen-bond acceptors (Lipinski definition) is 2. The lowest BCUT2D eigenvalue weighted by Gasteiger charge is -2.19. The molecule has 35 heavy (non-hydrogen) atoms. The molecule has 0 aliphatic carbocycles. The van der Waals surface area contributed by atoms with E-state index in [1.165, 1.54) is 49.4 Å². The minimum atomic E-state index is -4.61. The molecule has 0 heterocycles. The topological polar surface area (TPSA) is 52.2 Å². The van der Waals surface area contributed by atoms with Crippen molar-refractivity contribution in [3.05, 3.63) is 74.8 Å². The second-order valence-corrected chi connectivity index (χ2v) is 10.3. The Morgan fingerprint density at radius 1 is 1.09 bits per heavy atom. The van der Waals surface area contributed by atoms with Gasteiger partial charge in [0, 0.05) is 15.6 Å². The highest BCUT2D eigenvalue weighted by molar-refractivity contribution is 7.91. The molecule has 0 aromatic heterocycles. The summed E-state index contributed by atoms with van der Waals surface area (Å²) in [5.74, 6) is -4.41. The molecule has 0 saturated heterocycles. The van der Waals surface area contributed by atoms with Crippen LogP contribution in [0.3, 0.4) is 0 Å². The highest BCUT2D eigenvalue weighted by atomic mass is 35.5. The molecule has 0 bridgehead atoms. The Morgan fingerprint density at radius 2 is 1.69 bits per heavy atom. The van der Waals surface area contributed by atoms with E-state index in [1.807, 2.05) is 0 Å². The van der Waals surface area contributed by atoms with Crippen LogP contribution in [0.4, 0.5) is 26.3 Å². The van der Waals surface area contributed by atoms with Crippen molar-refractivity contribution < 1.29 is 35.7 Å². The lowest BCUT2D eigenvalue weighted by atomic mass is 9.96. The number of benzene rings is 2. The summed E-state index contributed by atoms with van der Waals surface area (Å²) in [6.07, 6.45) is -6.97. The van der Waals surface area contributed by atoms with Gasteiger partial charge in [-0.1, -0.05) is 47.5 Å². The number of carbonyl (C=O) groups excluding carboxylic acids is 1. The Labute approximate surface area is 211 Å². The van der Waals surface area contributed by atoms with Crippen molar-refractivity contribution in [2.75, 3.05) is 11.5 Å². The molecule has 1 amide bonds. The maximum absolute atomic E-state index is 13.6. The molecule has 2 aromatic rings. The molecular formula is C23H21Cl2F6NO2S. The summed E-state index contributed by atoms with van der Waals surface area (Å²) in [5.41, 5.74) is 0.879. The SMILES string of the molecule is Cc1cc(/C=C/C(c2cc(Cl)cc(Cl)c2)C(F)(F)F)ccc1C(=O)NC(C)C[S+]([O-])CC(F)(F)F. The Morgan fingerprint density at radius 3 is 2.20 bits per heavy atom. The predicted octanol–water partition coefficient (Wildman–Crippen LogP) is 7.09. The van der Waals surface area contributed by atoms with Crippen molar-refractivity contribution >= 4 is 46.4 Å². The number of amides is 1. The van der Waals surface area contributed by atoms with Gasteiger partial charge in [0.2, 0.25) is 5.75 Å². The fraction of sp³-hybridized carbons (Fsp3) is 0.348. The zero-order valence-electron chi connectivity index (χ0n) is 18.4. The summed E-state index contributed by atoms with van der Waals surface area (Å²) in [6.45, 7) is 2.99. The first-order chi connectivity index (χ1) is 16.0. The van der Waals surface area contributed by atoms with Crippen molar-refractivity contribution in [2.45, 2.75) is 38.2 Å². The minimum Gasteiger partial charge on any atom is -0.616 e. The molecule has 0 spiro atoms. The number of halogens is 8. The highest BCUT2D eigenvalue weighted by Crippen LogP contribution is 2.38. The van der Waals surface area contributed by atoms with Crippen LogP contribution in [0.2, 0.25) is 10.0 Å². The van der Waals surface area contributed by atoms with E-state index in [-0.39, 0.29) is 26.9 Å². The molecule has 2 rings (SSSR count). The van der Waals surface area contributed by atoms with Gasteiger partial charge in [-0.25, -0.2) is 0 Å². The van der Waals surface area contributed by atoms with E-state index in [0.29, 0.717) is 11.1 Å². The maximum Gasteiger partial charge on any atom is 0.433 e. The summed E-state index contributed by atoms with van der Waals surface area (Å²) in [7, 11) is 0. The summed E-state index contributed by atoms with van der Waals surface area (Å²) < 4.78 is 89.5. The van der Waals surface area contributed by atoms with Crippen LogP contribution in [-0.2, 0) is 11.2 Å². The second-order valence-electron chi connectivity index (χ2n) is 7.90. The molecule has 1 N–H and O–H groups in total. The molecular weight excluding hydrogens is 539 g/mol. The Hall–Kier alpha value is -1.88. The highest BCUT2D eigenvalue weighted by Gasteiger charge is 2.39. The average Bonchev–Trinajstić information content (AvgIpc) is 2.64. The summed E-state index contributed by atoms with van der Waals surface area (Å²) in [6, 6.07) is 7.21. The van der Waals surface area contributed by atoms with Crippen molar-refractivity contribution in [3.63, 3.8) is 0 Å². The number of hydrogen-bond donors (Lipinski definition) is 1. The van der Waals surface area contributed by atoms with Crippen LogP contribution < -0.4 is 5.32 Å². The predicted molar refractivity (Wildman–Crippen MR) is 126 cm³/mol. The van der Waals surface area contributed by atoms with Crippen LogP contribution in [0.1, 0.15) is 39.9 Å². The van der Waals surface area contributed by atoms with Crippen LogP contribution in [0.15, 0.2) is 42.5 Å². The summed E-state index contributed by atoms with van der Waals surface area (Å²) in [4.78, 5) is 12.5. The Kier molecular flexibility index (Phi) is 9.98. The van der Waals surface area contributed by atoms with E-state index < -0.39 is 47.1 Å². The van der Waals surface area contributed by atoms with Crippen LogP contribution >= 0.6 is 23.2 Å². The smallest absolute Gasteiger partial charge is 0.433 e. The number of rotatable bonds is 8. The lowest BCUT2D eigenvalue weighted by molar-refractivity contribution is -0.139. The van der Waals surface area contributed by atoms with Gasteiger partial charge in [0.05, 0.1) is 12.0 Å². The largest absolute Gasteiger partial charge is 0.616 e. The molecule has 0 aliphatic heterocycles. The van der Waals surface area contributed by atoms with E-state index in [1.54, 1.807) is 6.92 Å². The van der Waals surface area contributed by atoms with E-state index in [2.05, 4.69) is 5.32 Å². The standard InChI is InChI=1S/C23H21Cl2F6NO2S/c1-13-7-15(4-6-20(23(29,30)31)16-8-17(24)10-18(25)9-16)3-5-19(13)21(33)32-14(2)11-35(34)12-22(26,27)28/h3-10,14,20H,11-12H2,1-2H3,(H,32,33)/b6-4+. The average molecular weight is 560 g/mol. The van der Waals surface area contributed by atoms with Gasteiger partial charge in [0.1, 0.15) is 5.75 Å². The van der Waals surface area contributed by atoms with Gasteiger partial charge in [-0.2, -0.15) is 26.3 Å². The van der Waals surface area contributed by atoms with Gasteiger partial charge in [-0.3, -0.25) is 4.79 Å². The third-order valence-corrected chi connectivity index (χ3v) is 6.67. The zero-order valence-corrected chi connectivity index (χ0v) is 20.8.